The van der Waals surface area contributed by atoms with Crippen LogP contribution in [0.5, 0.6) is 0 Å². The van der Waals surface area contributed by atoms with Crippen molar-refractivity contribution in [3.63, 3.8) is 0 Å². The van der Waals surface area contributed by atoms with Crippen molar-refractivity contribution in [3.8, 4) is 0 Å². The van der Waals surface area contributed by atoms with E-state index in [9.17, 15) is 5.11 Å². The summed E-state index contributed by atoms with van der Waals surface area (Å²) in [4.78, 5) is 2.61. The molecule has 2 saturated heterocycles. The summed E-state index contributed by atoms with van der Waals surface area (Å²) in [5, 5.41) is 13.2. The highest BCUT2D eigenvalue weighted by atomic mass is 16.5. The molecule has 3 fully saturated rings. The number of aliphatic hydroxyl groups excluding tert-OH is 1. The van der Waals surface area contributed by atoms with E-state index in [1.165, 1.54) is 38.6 Å². The van der Waals surface area contributed by atoms with Crippen LogP contribution in [0.3, 0.4) is 0 Å². The molecule has 0 aromatic carbocycles. The molecular weight excluding hydrogens is 304 g/mol. The molecule has 2 N–H and O–H groups in total. The van der Waals surface area contributed by atoms with E-state index in [-0.39, 0.29) is 12.0 Å². The van der Waals surface area contributed by atoms with Gasteiger partial charge in [-0.25, -0.2) is 0 Å². The summed E-state index contributed by atoms with van der Waals surface area (Å²) in [6.07, 6.45) is 8.77. The van der Waals surface area contributed by atoms with Gasteiger partial charge >= 0.3 is 0 Å². The van der Waals surface area contributed by atoms with Gasteiger partial charge in [0, 0.05) is 51.4 Å². The zero-order valence-electron chi connectivity index (χ0n) is 15.2. The van der Waals surface area contributed by atoms with Gasteiger partial charge in [-0.1, -0.05) is 19.3 Å². The summed E-state index contributed by atoms with van der Waals surface area (Å²) < 4.78 is 11.1. The third kappa shape index (κ3) is 4.92. The molecule has 0 bridgehead atoms. The van der Waals surface area contributed by atoms with E-state index in [2.05, 4.69) is 10.2 Å². The second-order valence-electron chi connectivity index (χ2n) is 8.33. The second-order valence-corrected chi connectivity index (χ2v) is 8.33. The second kappa shape index (κ2) is 8.95. The van der Waals surface area contributed by atoms with Gasteiger partial charge in [0.25, 0.3) is 0 Å². The highest BCUT2D eigenvalue weighted by molar-refractivity contribution is 4.91. The molecule has 5 heteroatoms. The third-order valence-corrected chi connectivity index (χ3v) is 6.40. The Morgan fingerprint density at radius 3 is 2.29 bits per heavy atom. The average Bonchev–Trinajstić information content (AvgIpc) is 3.05. The van der Waals surface area contributed by atoms with E-state index in [1.807, 2.05) is 0 Å². The van der Waals surface area contributed by atoms with Crippen molar-refractivity contribution in [1.29, 1.82) is 0 Å². The minimum Gasteiger partial charge on any atom is -0.396 e. The van der Waals surface area contributed by atoms with Gasteiger partial charge in [-0.2, -0.15) is 0 Å². The Hall–Kier alpha value is -0.200. The molecule has 1 unspecified atom stereocenters. The molecule has 140 valence electrons. The molecule has 2 heterocycles. The largest absolute Gasteiger partial charge is 0.396 e. The smallest absolute Gasteiger partial charge is 0.0594 e. The number of nitrogens with one attached hydrogen (secondary N) is 1. The first-order valence-electron chi connectivity index (χ1n) is 9.96. The maximum absolute atomic E-state index is 9.41. The Morgan fingerprint density at radius 2 is 1.62 bits per heavy atom. The molecule has 0 amide bonds. The molecule has 1 saturated carbocycles. The van der Waals surface area contributed by atoms with Crippen LogP contribution in [0, 0.1) is 10.8 Å². The van der Waals surface area contributed by atoms with Crippen molar-refractivity contribution in [1.82, 2.24) is 10.2 Å². The number of hydrogen-bond donors (Lipinski definition) is 2. The number of morpholine rings is 1. The molecule has 0 radical (unpaired) electrons. The molecule has 3 aliphatic rings. The van der Waals surface area contributed by atoms with Crippen molar-refractivity contribution in [3.05, 3.63) is 0 Å². The zero-order chi connectivity index (χ0) is 16.7. The predicted molar refractivity (Wildman–Crippen MR) is 95.2 cm³/mol. The lowest BCUT2D eigenvalue weighted by Crippen LogP contribution is -2.50. The van der Waals surface area contributed by atoms with Crippen molar-refractivity contribution >= 4 is 0 Å². The van der Waals surface area contributed by atoms with Crippen molar-refractivity contribution in [2.45, 2.75) is 44.9 Å². The number of hydrogen-bond acceptors (Lipinski definition) is 5. The van der Waals surface area contributed by atoms with E-state index in [0.29, 0.717) is 5.41 Å². The normalized spacial score (nSPS) is 31.4. The maximum atomic E-state index is 9.41. The Kier molecular flexibility index (Phi) is 6.93. The fraction of sp³-hybridized carbons (Fsp3) is 1.00. The minimum absolute atomic E-state index is 0.156. The van der Waals surface area contributed by atoms with Gasteiger partial charge in [-0.3, -0.25) is 4.90 Å². The molecule has 1 atom stereocenters. The number of ether oxygens (including phenoxy) is 2. The Balaban J connectivity index is 1.53. The quantitative estimate of drug-likeness (QED) is 0.704. The van der Waals surface area contributed by atoms with Crippen molar-refractivity contribution < 1.29 is 14.6 Å². The summed E-state index contributed by atoms with van der Waals surface area (Å²) in [7, 11) is 0. The number of nitrogens with zero attached hydrogens (tertiary/aromatic N) is 1. The summed E-state index contributed by atoms with van der Waals surface area (Å²) >= 11 is 0. The molecule has 5 nitrogen and oxygen atoms in total. The van der Waals surface area contributed by atoms with E-state index >= 15 is 0 Å². The molecule has 0 aromatic heterocycles. The van der Waals surface area contributed by atoms with Crippen molar-refractivity contribution in [2.24, 2.45) is 10.8 Å². The van der Waals surface area contributed by atoms with E-state index in [0.717, 1.165) is 65.4 Å². The van der Waals surface area contributed by atoms with Gasteiger partial charge in [-0.05, 0) is 31.1 Å². The van der Waals surface area contributed by atoms with Gasteiger partial charge < -0.3 is 19.9 Å². The summed E-state index contributed by atoms with van der Waals surface area (Å²) in [5.74, 6) is 0. The molecule has 2 aliphatic heterocycles. The van der Waals surface area contributed by atoms with Gasteiger partial charge in [0.15, 0.2) is 0 Å². The lowest BCUT2D eigenvalue weighted by atomic mass is 9.73. The maximum Gasteiger partial charge on any atom is 0.0594 e. The van der Waals surface area contributed by atoms with Crippen LogP contribution in [0.4, 0.5) is 0 Å². The van der Waals surface area contributed by atoms with Crippen LogP contribution in [0.1, 0.15) is 44.9 Å². The fourth-order valence-electron chi connectivity index (χ4n) is 4.83. The van der Waals surface area contributed by atoms with Gasteiger partial charge in [0.1, 0.15) is 0 Å². The Bertz CT molecular complexity index is 360. The first-order valence-corrected chi connectivity index (χ1v) is 9.96. The lowest BCUT2D eigenvalue weighted by Gasteiger charge is -2.43. The highest BCUT2D eigenvalue weighted by Gasteiger charge is 2.37. The fourth-order valence-corrected chi connectivity index (χ4v) is 4.83. The van der Waals surface area contributed by atoms with E-state index in [4.69, 9.17) is 9.47 Å². The summed E-state index contributed by atoms with van der Waals surface area (Å²) in [6.45, 7) is 9.18. The average molecular weight is 341 g/mol. The number of aliphatic hydroxyl groups is 1. The van der Waals surface area contributed by atoms with Crippen LogP contribution in [-0.4, -0.2) is 75.8 Å². The van der Waals surface area contributed by atoms with Crippen molar-refractivity contribution in [2.75, 3.05) is 65.8 Å². The van der Waals surface area contributed by atoms with Gasteiger partial charge in [0.05, 0.1) is 19.8 Å². The van der Waals surface area contributed by atoms with Crippen LogP contribution in [0.15, 0.2) is 0 Å². The standard InChI is InChI=1S/C19H36N2O3/c22-10-6-19(7-11-24-17-19)15-20-14-18(4-2-1-3-5-18)16-21-8-12-23-13-9-21/h20,22H,1-17H2. The predicted octanol–water partition coefficient (Wildman–Crippen LogP) is 1.65. The van der Waals surface area contributed by atoms with Crippen LogP contribution in [0.2, 0.25) is 0 Å². The third-order valence-electron chi connectivity index (χ3n) is 6.40. The molecule has 1 aliphatic carbocycles. The summed E-state index contributed by atoms with van der Waals surface area (Å²) in [6, 6.07) is 0. The van der Waals surface area contributed by atoms with E-state index < -0.39 is 0 Å². The summed E-state index contributed by atoms with van der Waals surface area (Å²) in [5.41, 5.74) is 0.582. The van der Waals surface area contributed by atoms with E-state index in [1.54, 1.807) is 0 Å². The minimum atomic E-state index is 0.156. The number of rotatable bonds is 8. The first kappa shape index (κ1) is 18.6. The first-order chi connectivity index (χ1) is 11.8. The van der Waals surface area contributed by atoms with Gasteiger partial charge in [0.2, 0.25) is 0 Å². The topological polar surface area (TPSA) is 54.0 Å². The lowest BCUT2D eigenvalue weighted by molar-refractivity contribution is 0.00626. The van der Waals surface area contributed by atoms with Crippen LogP contribution >= 0.6 is 0 Å². The van der Waals surface area contributed by atoms with Crippen LogP contribution in [0.25, 0.3) is 0 Å². The van der Waals surface area contributed by atoms with Crippen LogP contribution < -0.4 is 5.32 Å². The SMILES string of the molecule is OCCC1(CNCC2(CN3CCOCC3)CCCCC2)CCOC1. The Morgan fingerprint density at radius 1 is 0.875 bits per heavy atom. The highest BCUT2D eigenvalue weighted by Crippen LogP contribution is 2.37. The molecule has 0 aromatic rings. The van der Waals surface area contributed by atoms with Gasteiger partial charge in [-0.15, -0.1) is 0 Å². The molecule has 24 heavy (non-hydrogen) atoms. The molecular formula is C19H36N2O3. The zero-order valence-corrected chi connectivity index (χ0v) is 15.2. The van der Waals surface area contributed by atoms with Crippen LogP contribution in [-0.2, 0) is 9.47 Å². The Labute approximate surface area is 147 Å². The monoisotopic (exact) mass is 340 g/mol. The molecule has 3 rings (SSSR count). The molecule has 0 spiro atoms.